The number of aromatic nitrogens is 2. The smallest absolute Gasteiger partial charge is 0.129 e. The molecular weight excluding hydrogens is 280 g/mol. The van der Waals surface area contributed by atoms with Gasteiger partial charge in [-0.25, -0.2) is 0 Å². The van der Waals surface area contributed by atoms with Gasteiger partial charge in [0.05, 0.1) is 22.4 Å². The Morgan fingerprint density at radius 1 is 1.47 bits per heavy atom. The van der Waals surface area contributed by atoms with Crippen molar-refractivity contribution >= 4 is 40.0 Å². The summed E-state index contributed by atoms with van der Waals surface area (Å²) in [5.41, 5.74) is 2.95. The maximum atomic E-state index is 6.37. The van der Waals surface area contributed by atoms with E-state index in [0.717, 1.165) is 47.9 Å². The highest BCUT2D eigenvalue weighted by Gasteiger charge is 2.26. The van der Waals surface area contributed by atoms with Crippen LogP contribution < -0.4 is 10.2 Å². The van der Waals surface area contributed by atoms with Gasteiger partial charge in [0.15, 0.2) is 0 Å². The first-order valence-corrected chi connectivity index (χ1v) is 7.77. The van der Waals surface area contributed by atoms with Crippen LogP contribution in [-0.4, -0.2) is 34.9 Å². The molecule has 0 spiro atoms. The molecule has 0 amide bonds. The van der Waals surface area contributed by atoms with Gasteiger partial charge in [-0.3, -0.25) is 0 Å². The molecule has 1 saturated heterocycles. The number of halogens is 1. The van der Waals surface area contributed by atoms with Crippen LogP contribution in [0.2, 0.25) is 5.02 Å². The van der Waals surface area contributed by atoms with E-state index in [1.807, 2.05) is 12.1 Å². The zero-order valence-electron chi connectivity index (χ0n) is 10.9. The van der Waals surface area contributed by atoms with E-state index in [0.29, 0.717) is 5.92 Å². The Bertz CT molecular complexity index is 571. The summed E-state index contributed by atoms with van der Waals surface area (Å²) in [6, 6.07) is 3.87. The van der Waals surface area contributed by atoms with Crippen LogP contribution in [0.15, 0.2) is 12.1 Å². The van der Waals surface area contributed by atoms with Gasteiger partial charge in [0, 0.05) is 13.1 Å². The molecule has 1 fully saturated rings. The minimum absolute atomic E-state index is 0.692. The van der Waals surface area contributed by atoms with Gasteiger partial charge < -0.3 is 10.2 Å². The van der Waals surface area contributed by atoms with Crippen LogP contribution in [0, 0.1) is 5.92 Å². The van der Waals surface area contributed by atoms with E-state index in [-0.39, 0.29) is 0 Å². The molecule has 3 rings (SSSR count). The van der Waals surface area contributed by atoms with Gasteiger partial charge in [-0.15, -0.1) is 0 Å². The maximum absolute atomic E-state index is 6.37. The number of nitrogens with zero attached hydrogens (tertiary/aromatic N) is 3. The number of fused-ring (bicyclic) bond motifs is 1. The van der Waals surface area contributed by atoms with E-state index in [1.54, 1.807) is 0 Å². The molecule has 0 aliphatic carbocycles. The number of rotatable bonds is 4. The zero-order chi connectivity index (χ0) is 13.2. The molecule has 0 radical (unpaired) electrons. The molecule has 19 heavy (non-hydrogen) atoms. The molecule has 2 aromatic rings. The van der Waals surface area contributed by atoms with Crippen molar-refractivity contribution in [2.45, 2.75) is 13.3 Å². The third-order valence-corrected chi connectivity index (χ3v) is 4.48. The Morgan fingerprint density at radius 3 is 3.21 bits per heavy atom. The number of nitrogens with one attached hydrogen (secondary N) is 1. The molecule has 1 atom stereocenters. The molecule has 4 nitrogen and oxygen atoms in total. The third kappa shape index (κ3) is 2.55. The molecule has 6 heteroatoms. The van der Waals surface area contributed by atoms with Crippen molar-refractivity contribution in [3.05, 3.63) is 17.2 Å². The monoisotopic (exact) mass is 296 g/mol. The second-order valence-electron chi connectivity index (χ2n) is 4.94. The van der Waals surface area contributed by atoms with Crippen LogP contribution in [0.3, 0.4) is 0 Å². The second kappa shape index (κ2) is 5.61. The minimum Gasteiger partial charge on any atom is -0.368 e. The lowest BCUT2D eigenvalue weighted by Crippen LogP contribution is -2.26. The van der Waals surface area contributed by atoms with Gasteiger partial charge in [0.1, 0.15) is 11.0 Å². The van der Waals surface area contributed by atoms with Gasteiger partial charge in [-0.05, 0) is 37.6 Å². The quantitative estimate of drug-likeness (QED) is 0.942. The second-order valence-corrected chi connectivity index (χ2v) is 5.87. The lowest BCUT2D eigenvalue weighted by atomic mass is 10.1. The summed E-state index contributed by atoms with van der Waals surface area (Å²) in [4.78, 5) is 2.36. The van der Waals surface area contributed by atoms with Crippen LogP contribution >= 0.6 is 23.3 Å². The Morgan fingerprint density at radius 2 is 2.37 bits per heavy atom. The molecule has 1 aromatic heterocycles. The van der Waals surface area contributed by atoms with Crippen LogP contribution in [0.5, 0.6) is 0 Å². The summed E-state index contributed by atoms with van der Waals surface area (Å²) in [5.74, 6) is 0.692. The predicted octanol–water partition coefficient (Wildman–Crippen LogP) is 2.78. The van der Waals surface area contributed by atoms with Crippen molar-refractivity contribution in [1.82, 2.24) is 14.1 Å². The normalized spacial score (nSPS) is 19.5. The summed E-state index contributed by atoms with van der Waals surface area (Å²) in [7, 11) is 0. The number of hydrogen-bond donors (Lipinski definition) is 1. The lowest BCUT2D eigenvalue weighted by molar-refractivity contribution is 0.528. The van der Waals surface area contributed by atoms with Crippen LogP contribution in [0.25, 0.3) is 11.0 Å². The van der Waals surface area contributed by atoms with Crippen LogP contribution in [0.4, 0.5) is 5.69 Å². The first-order chi connectivity index (χ1) is 9.29. The van der Waals surface area contributed by atoms with Crippen molar-refractivity contribution < 1.29 is 0 Å². The van der Waals surface area contributed by atoms with E-state index in [2.05, 4.69) is 25.9 Å². The van der Waals surface area contributed by atoms with Gasteiger partial charge in [0.2, 0.25) is 0 Å². The highest BCUT2D eigenvalue weighted by molar-refractivity contribution is 7.00. The van der Waals surface area contributed by atoms with Crippen molar-refractivity contribution in [3.63, 3.8) is 0 Å². The molecule has 1 aliphatic rings. The molecule has 102 valence electrons. The first-order valence-electron chi connectivity index (χ1n) is 6.66. The van der Waals surface area contributed by atoms with E-state index < -0.39 is 0 Å². The zero-order valence-corrected chi connectivity index (χ0v) is 12.5. The predicted molar refractivity (Wildman–Crippen MR) is 81.3 cm³/mol. The molecule has 0 bridgehead atoms. The van der Waals surface area contributed by atoms with E-state index in [4.69, 9.17) is 11.6 Å². The lowest BCUT2D eigenvalue weighted by Gasteiger charge is -2.20. The summed E-state index contributed by atoms with van der Waals surface area (Å²) < 4.78 is 8.69. The molecule has 1 unspecified atom stereocenters. The van der Waals surface area contributed by atoms with E-state index in [9.17, 15) is 0 Å². The Kier molecular flexibility index (Phi) is 3.86. The SMILES string of the molecule is CCNCC1CCN(c2c(Cl)ccc3nsnc23)C1. The van der Waals surface area contributed by atoms with Crippen molar-refractivity contribution in [1.29, 1.82) is 0 Å². The summed E-state index contributed by atoms with van der Waals surface area (Å²) in [6.07, 6.45) is 1.21. The third-order valence-electron chi connectivity index (χ3n) is 3.64. The summed E-state index contributed by atoms with van der Waals surface area (Å²) >= 11 is 7.62. The van der Waals surface area contributed by atoms with E-state index >= 15 is 0 Å². The van der Waals surface area contributed by atoms with Gasteiger partial charge in [0.25, 0.3) is 0 Å². The maximum Gasteiger partial charge on any atom is 0.129 e. The van der Waals surface area contributed by atoms with Gasteiger partial charge in [-0.1, -0.05) is 18.5 Å². The Labute approximate surface area is 122 Å². The molecule has 1 aromatic carbocycles. The minimum atomic E-state index is 0.692. The Hall–Kier alpha value is -0.910. The van der Waals surface area contributed by atoms with Gasteiger partial charge >= 0.3 is 0 Å². The Balaban J connectivity index is 1.85. The molecule has 0 saturated carbocycles. The van der Waals surface area contributed by atoms with Crippen LogP contribution in [-0.2, 0) is 0 Å². The van der Waals surface area contributed by atoms with Crippen molar-refractivity contribution in [2.24, 2.45) is 5.92 Å². The highest BCUT2D eigenvalue weighted by Crippen LogP contribution is 2.36. The molecular formula is C13H17ClN4S. The first kappa shape index (κ1) is 13.1. The van der Waals surface area contributed by atoms with Crippen molar-refractivity contribution in [3.8, 4) is 0 Å². The van der Waals surface area contributed by atoms with Gasteiger partial charge in [-0.2, -0.15) is 8.75 Å². The van der Waals surface area contributed by atoms with E-state index in [1.165, 1.54) is 18.1 Å². The summed E-state index contributed by atoms with van der Waals surface area (Å²) in [6.45, 7) is 6.35. The van der Waals surface area contributed by atoms with Crippen molar-refractivity contribution in [2.75, 3.05) is 31.1 Å². The molecule has 1 aliphatic heterocycles. The average molecular weight is 297 g/mol. The largest absolute Gasteiger partial charge is 0.368 e. The number of hydrogen-bond acceptors (Lipinski definition) is 5. The standard InChI is InChI=1S/C13H17ClN4S/c1-2-15-7-9-5-6-18(8-9)13-10(14)3-4-11-12(13)17-19-16-11/h3-4,9,15H,2,5-8H2,1H3. The number of benzene rings is 1. The molecule has 1 N–H and O–H groups in total. The fraction of sp³-hybridized carbons (Fsp3) is 0.538. The highest BCUT2D eigenvalue weighted by atomic mass is 35.5. The average Bonchev–Trinajstić information content (AvgIpc) is 3.04. The topological polar surface area (TPSA) is 41.0 Å². The van der Waals surface area contributed by atoms with Crippen LogP contribution in [0.1, 0.15) is 13.3 Å². The summed E-state index contributed by atoms with van der Waals surface area (Å²) in [5, 5.41) is 4.21. The fourth-order valence-corrected chi connectivity index (χ4v) is 3.47. The number of anilines is 1. The fourth-order valence-electron chi connectivity index (χ4n) is 2.66. The molecule has 2 heterocycles.